The zero-order valence-electron chi connectivity index (χ0n) is 14.5. The maximum atomic E-state index is 12.0. The molecule has 6 heteroatoms. The maximum Gasteiger partial charge on any atom is 0.266 e. The van der Waals surface area contributed by atoms with Crippen molar-refractivity contribution in [2.45, 2.75) is 63.4 Å². The first kappa shape index (κ1) is 16.4. The highest BCUT2D eigenvalue weighted by atomic mass is 16.3. The zero-order valence-corrected chi connectivity index (χ0v) is 14.5. The molecule has 4 rings (SSSR count). The lowest BCUT2D eigenvalue weighted by atomic mass is 9.85. The van der Waals surface area contributed by atoms with Gasteiger partial charge >= 0.3 is 0 Å². The lowest BCUT2D eigenvalue weighted by Crippen LogP contribution is -2.53. The Morgan fingerprint density at radius 2 is 1.84 bits per heavy atom. The fourth-order valence-electron chi connectivity index (χ4n) is 4.44. The normalized spacial score (nSPS) is 29.0. The Balaban J connectivity index is 1.50. The van der Waals surface area contributed by atoms with E-state index in [2.05, 4.69) is 27.1 Å². The van der Waals surface area contributed by atoms with Crippen LogP contribution in [0.3, 0.4) is 0 Å². The van der Waals surface area contributed by atoms with Crippen molar-refractivity contribution in [1.29, 1.82) is 0 Å². The third kappa shape index (κ3) is 3.37. The number of hydrogen-bond acceptors (Lipinski definition) is 5. The van der Waals surface area contributed by atoms with Crippen LogP contribution in [0.4, 0.5) is 0 Å². The molecule has 2 aliphatic heterocycles. The molecule has 0 spiro atoms. The van der Waals surface area contributed by atoms with Crippen LogP contribution in [0.1, 0.15) is 36.9 Å². The molecule has 4 heterocycles. The summed E-state index contributed by atoms with van der Waals surface area (Å²) in [6, 6.07) is 8.06. The second-order valence-electron chi connectivity index (χ2n) is 7.52. The van der Waals surface area contributed by atoms with Crippen LogP contribution >= 0.6 is 0 Å². The van der Waals surface area contributed by atoms with Crippen LogP contribution < -0.4 is 5.56 Å². The molecule has 2 aliphatic rings. The van der Waals surface area contributed by atoms with Gasteiger partial charge < -0.3 is 5.11 Å². The van der Waals surface area contributed by atoms with Gasteiger partial charge in [0.2, 0.25) is 0 Å². The fraction of sp³-hybridized carbons (Fsp3) is 0.526. The van der Waals surface area contributed by atoms with Gasteiger partial charge in [0, 0.05) is 37.1 Å². The van der Waals surface area contributed by atoms with Crippen LogP contribution in [0, 0.1) is 6.92 Å². The average molecular weight is 340 g/mol. The largest absolute Gasteiger partial charge is 0.388 e. The number of fused-ring (bicyclic) bond motifs is 2. The molecule has 132 valence electrons. The monoisotopic (exact) mass is 340 g/mol. The predicted molar refractivity (Wildman–Crippen MR) is 94.0 cm³/mol. The van der Waals surface area contributed by atoms with E-state index in [-0.39, 0.29) is 12.1 Å². The molecule has 0 saturated carbocycles. The van der Waals surface area contributed by atoms with Crippen molar-refractivity contribution in [3.05, 3.63) is 58.3 Å². The molecule has 0 radical (unpaired) electrons. The molecule has 6 nitrogen and oxygen atoms in total. The highest BCUT2D eigenvalue weighted by molar-refractivity contribution is 5.12. The molecule has 0 aliphatic carbocycles. The van der Waals surface area contributed by atoms with Crippen molar-refractivity contribution in [3.8, 4) is 0 Å². The molecule has 0 unspecified atom stereocenters. The Morgan fingerprint density at radius 3 is 2.52 bits per heavy atom. The third-order valence-electron chi connectivity index (χ3n) is 5.56. The first-order valence-electron chi connectivity index (χ1n) is 8.94. The van der Waals surface area contributed by atoms with E-state index in [1.54, 1.807) is 6.07 Å². The highest BCUT2D eigenvalue weighted by Crippen LogP contribution is 2.42. The van der Waals surface area contributed by atoms with Crippen LogP contribution in [0.2, 0.25) is 0 Å². The molecule has 0 aromatic carbocycles. The number of aliphatic hydroxyl groups is 1. The summed E-state index contributed by atoms with van der Waals surface area (Å²) in [5, 5.41) is 15.5. The van der Waals surface area contributed by atoms with Crippen molar-refractivity contribution in [3.63, 3.8) is 0 Å². The molecule has 2 fully saturated rings. The summed E-state index contributed by atoms with van der Waals surface area (Å²) in [6.45, 7) is 3.04. The van der Waals surface area contributed by atoms with Crippen molar-refractivity contribution < 1.29 is 5.11 Å². The van der Waals surface area contributed by atoms with Crippen LogP contribution in [0.25, 0.3) is 0 Å². The first-order chi connectivity index (χ1) is 12.0. The lowest BCUT2D eigenvalue weighted by Gasteiger charge is -2.43. The van der Waals surface area contributed by atoms with Crippen molar-refractivity contribution in [1.82, 2.24) is 19.7 Å². The molecule has 2 aromatic rings. The summed E-state index contributed by atoms with van der Waals surface area (Å²) in [7, 11) is 0. The second-order valence-corrected chi connectivity index (χ2v) is 7.52. The SMILES string of the molecule is Cc1ccc(=O)n(CC2(O)C[C@@H]3CC[C@@H](C2)N3Cc2ccncc2)n1. The molecule has 1 N–H and O–H groups in total. The molecule has 0 amide bonds. The highest BCUT2D eigenvalue weighted by Gasteiger charge is 2.47. The van der Waals surface area contributed by atoms with Gasteiger partial charge in [-0.2, -0.15) is 5.10 Å². The van der Waals surface area contributed by atoms with Gasteiger partial charge in [-0.25, -0.2) is 4.68 Å². The predicted octanol–water partition coefficient (Wildman–Crippen LogP) is 1.50. The minimum atomic E-state index is -0.856. The van der Waals surface area contributed by atoms with Gasteiger partial charge in [-0.1, -0.05) is 0 Å². The molecule has 2 saturated heterocycles. The first-order valence-corrected chi connectivity index (χ1v) is 8.94. The van der Waals surface area contributed by atoms with E-state index in [0.717, 1.165) is 25.1 Å². The Hall–Kier alpha value is -2.05. The smallest absolute Gasteiger partial charge is 0.266 e. The van der Waals surface area contributed by atoms with Crippen LogP contribution in [0.15, 0.2) is 41.5 Å². The summed E-state index contributed by atoms with van der Waals surface area (Å²) >= 11 is 0. The van der Waals surface area contributed by atoms with Crippen LogP contribution in [-0.2, 0) is 13.1 Å². The number of piperidine rings is 1. The number of aromatic nitrogens is 3. The Labute approximate surface area is 147 Å². The molecule has 25 heavy (non-hydrogen) atoms. The molecule has 2 bridgehead atoms. The van der Waals surface area contributed by atoms with E-state index in [4.69, 9.17) is 0 Å². The molecule has 2 atom stereocenters. The Morgan fingerprint density at radius 1 is 1.16 bits per heavy atom. The minimum absolute atomic E-state index is 0.148. The topological polar surface area (TPSA) is 71.2 Å². The third-order valence-corrected chi connectivity index (χ3v) is 5.56. The second kappa shape index (κ2) is 6.35. The van der Waals surface area contributed by atoms with Crippen LogP contribution in [-0.4, -0.2) is 42.5 Å². The minimum Gasteiger partial charge on any atom is -0.388 e. The van der Waals surface area contributed by atoms with E-state index in [0.29, 0.717) is 24.9 Å². The quantitative estimate of drug-likeness (QED) is 0.913. The van der Waals surface area contributed by atoms with E-state index in [1.165, 1.54) is 16.3 Å². The van der Waals surface area contributed by atoms with Crippen LogP contribution in [0.5, 0.6) is 0 Å². The van der Waals surface area contributed by atoms with Gasteiger partial charge in [0.1, 0.15) is 0 Å². The van der Waals surface area contributed by atoms with E-state index in [9.17, 15) is 9.90 Å². The van der Waals surface area contributed by atoms with Gasteiger partial charge in [0.15, 0.2) is 0 Å². The number of aryl methyl sites for hydroxylation is 1. The van der Waals surface area contributed by atoms with Gasteiger partial charge in [0.25, 0.3) is 5.56 Å². The molecular weight excluding hydrogens is 316 g/mol. The maximum absolute atomic E-state index is 12.0. The van der Waals surface area contributed by atoms with Gasteiger partial charge in [0.05, 0.1) is 17.8 Å². The lowest BCUT2D eigenvalue weighted by molar-refractivity contribution is -0.0677. The molecule has 2 aromatic heterocycles. The Bertz CT molecular complexity index is 791. The van der Waals surface area contributed by atoms with Gasteiger partial charge in [-0.15, -0.1) is 0 Å². The van der Waals surface area contributed by atoms with Crippen molar-refractivity contribution >= 4 is 0 Å². The number of nitrogens with zero attached hydrogens (tertiary/aromatic N) is 4. The average Bonchev–Trinajstić information content (AvgIpc) is 2.83. The number of hydrogen-bond donors (Lipinski definition) is 1. The van der Waals surface area contributed by atoms with E-state index in [1.807, 2.05) is 19.3 Å². The summed E-state index contributed by atoms with van der Waals surface area (Å²) < 4.78 is 1.42. The van der Waals surface area contributed by atoms with Gasteiger partial charge in [-0.3, -0.25) is 14.7 Å². The summed E-state index contributed by atoms with van der Waals surface area (Å²) in [5.41, 5.74) is 1.05. The summed E-state index contributed by atoms with van der Waals surface area (Å²) in [4.78, 5) is 18.6. The standard InChI is InChI=1S/C19H24N4O2/c1-14-2-5-18(24)23(21-14)13-19(25)10-16-3-4-17(11-19)22(16)12-15-6-8-20-9-7-15/h2,5-9,16-17,25H,3-4,10-13H2,1H3/t16-,17-/m0/s1. The van der Waals surface area contributed by atoms with Gasteiger partial charge in [-0.05, 0) is 56.4 Å². The number of pyridine rings is 1. The van der Waals surface area contributed by atoms with Crippen molar-refractivity contribution in [2.24, 2.45) is 0 Å². The zero-order chi connectivity index (χ0) is 17.4. The van der Waals surface area contributed by atoms with E-state index < -0.39 is 5.60 Å². The molecular formula is C19H24N4O2. The number of rotatable bonds is 4. The summed E-state index contributed by atoms with van der Waals surface area (Å²) in [5.74, 6) is 0. The van der Waals surface area contributed by atoms with E-state index >= 15 is 0 Å². The Kier molecular flexibility index (Phi) is 4.17. The summed E-state index contributed by atoms with van der Waals surface area (Å²) in [6.07, 6.45) is 7.25. The fourth-order valence-corrected chi connectivity index (χ4v) is 4.44. The van der Waals surface area contributed by atoms with Crippen molar-refractivity contribution in [2.75, 3.05) is 0 Å².